The van der Waals surface area contributed by atoms with Gasteiger partial charge in [-0.05, 0) is 30.5 Å². The van der Waals surface area contributed by atoms with E-state index in [0.29, 0.717) is 23.6 Å². The summed E-state index contributed by atoms with van der Waals surface area (Å²) in [7, 11) is 1.57. The Morgan fingerprint density at radius 1 is 1.25 bits per heavy atom. The molecule has 0 saturated heterocycles. The number of fused-ring (bicyclic) bond motifs is 1. The molecule has 0 bridgehead atoms. The summed E-state index contributed by atoms with van der Waals surface area (Å²) in [6.45, 7) is 3.95. The number of benzene rings is 1. The molecule has 0 aliphatic heterocycles. The highest BCUT2D eigenvalue weighted by atomic mass is 16.5. The summed E-state index contributed by atoms with van der Waals surface area (Å²) in [6, 6.07) is 8.47. The van der Waals surface area contributed by atoms with Crippen LogP contribution < -0.4 is 15.7 Å². The lowest BCUT2D eigenvalue weighted by atomic mass is 9.90. The standard InChI is InChI=1S/C23H27N5O4/c1-13(2)7-14(22(30)26-15(11-24)9-16-12-25-23(31)27-16)8-20(29)19-10-17-18(28-19)5-4-6-21(17)32-3/h4-6,10,12-15,28H,7-9H2,1-3H3,(H,26,30)(H2,25,27,31)/t14-,15+/m1/s1. The molecule has 2 aromatic heterocycles. The van der Waals surface area contributed by atoms with Crippen molar-refractivity contribution in [2.45, 2.75) is 39.2 Å². The van der Waals surface area contributed by atoms with E-state index in [-0.39, 0.29) is 36.1 Å². The lowest BCUT2D eigenvalue weighted by molar-refractivity contribution is -0.125. The predicted molar refractivity (Wildman–Crippen MR) is 119 cm³/mol. The summed E-state index contributed by atoms with van der Waals surface area (Å²) in [5.41, 5.74) is 1.34. The zero-order valence-corrected chi connectivity index (χ0v) is 18.3. The van der Waals surface area contributed by atoms with Gasteiger partial charge in [0.1, 0.15) is 11.8 Å². The summed E-state index contributed by atoms with van der Waals surface area (Å²) < 4.78 is 5.35. The Kier molecular flexibility index (Phi) is 7.15. The van der Waals surface area contributed by atoms with Crippen LogP contribution in [0.15, 0.2) is 35.3 Å². The van der Waals surface area contributed by atoms with E-state index in [4.69, 9.17) is 4.74 Å². The average Bonchev–Trinajstić information content (AvgIpc) is 3.38. The number of methoxy groups -OCH3 is 1. The van der Waals surface area contributed by atoms with E-state index in [9.17, 15) is 19.6 Å². The highest BCUT2D eigenvalue weighted by Gasteiger charge is 2.26. The smallest absolute Gasteiger partial charge is 0.323 e. The van der Waals surface area contributed by atoms with Crippen molar-refractivity contribution in [3.05, 3.63) is 52.3 Å². The minimum atomic E-state index is -0.823. The van der Waals surface area contributed by atoms with Gasteiger partial charge in [-0.2, -0.15) is 5.26 Å². The van der Waals surface area contributed by atoms with E-state index in [2.05, 4.69) is 20.3 Å². The van der Waals surface area contributed by atoms with Crippen molar-refractivity contribution in [2.24, 2.45) is 11.8 Å². The van der Waals surface area contributed by atoms with E-state index in [0.717, 1.165) is 10.9 Å². The third-order valence-corrected chi connectivity index (χ3v) is 5.25. The van der Waals surface area contributed by atoms with E-state index >= 15 is 0 Å². The molecule has 0 saturated carbocycles. The second-order valence-electron chi connectivity index (χ2n) is 8.22. The fourth-order valence-electron chi connectivity index (χ4n) is 3.76. The number of nitriles is 1. The van der Waals surface area contributed by atoms with E-state index in [1.807, 2.05) is 38.1 Å². The van der Waals surface area contributed by atoms with Crippen LogP contribution >= 0.6 is 0 Å². The molecule has 1 aromatic carbocycles. The molecule has 3 aromatic rings. The summed E-state index contributed by atoms with van der Waals surface area (Å²) in [6.07, 6.45) is 2.14. The first-order valence-corrected chi connectivity index (χ1v) is 10.5. The molecule has 9 nitrogen and oxygen atoms in total. The van der Waals surface area contributed by atoms with Crippen LogP contribution in [0, 0.1) is 23.2 Å². The molecule has 0 aliphatic carbocycles. The number of hydrogen-bond donors (Lipinski definition) is 4. The number of amides is 1. The summed E-state index contributed by atoms with van der Waals surface area (Å²) >= 11 is 0. The number of nitrogens with one attached hydrogen (secondary N) is 4. The molecule has 0 unspecified atom stereocenters. The Hall–Kier alpha value is -3.80. The quantitative estimate of drug-likeness (QED) is 0.361. The Balaban J connectivity index is 1.73. The van der Waals surface area contributed by atoms with E-state index in [1.54, 1.807) is 13.2 Å². The number of ketones is 1. The number of rotatable bonds is 10. The number of Topliss-reactive ketones (excluding diaryl/α,β-unsaturated/α-hetero) is 1. The van der Waals surface area contributed by atoms with Crippen molar-refractivity contribution >= 4 is 22.6 Å². The molecule has 0 spiro atoms. The third kappa shape index (κ3) is 5.46. The molecule has 3 rings (SSSR count). The molecular weight excluding hydrogens is 410 g/mol. The first kappa shape index (κ1) is 22.9. The Morgan fingerprint density at radius 2 is 2.03 bits per heavy atom. The molecule has 32 heavy (non-hydrogen) atoms. The summed E-state index contributed by atoms with van der Waals surface area (Å²) in [5.74, 6) is -0.286. The number of imidazole rings is 1. The van der Waals surface area contributed by atoms with Crippen molar-refractivity contribution in [1.82, 2.24) is 20.3 Å². The molecule has 0 radical (unpaired) electrons. The van der Waals surface area contributed by atoms with Crippen molar-refractivity contribution in [3.8, 4) is 11.8 Å². The number of H-pyrrole nitrogens is 3. The van der Waals surface area contributed by atoms with Crippen LogP contribution in [0.25, 0.3) is 10.9 Å². The van der Waals surface area contributed by atoms with Crippen LogP contribution in [-0.4, -0.2) is 39.8 Å². The van der Waals surface area contributed by atoms with E-state index in [1.165, 1.54) is 6.20 Å². The molecule has 2 atom stereocenters. The van der Waals surface area contributed by atoms with Crippen LogP contribution in [0.3, 0.4) is 0 Å². The molecule has 168 valence electrons. The number of nitrogens with zero attached hydrogens (tertiary/aromatic N) is 1. The maximum absolute atomic E-state index is 13.0. The van der Waals surface area contributed by atoms with Crippen molar-refractivity contribution in [2.75, 3.05) is 7.11 Å². The molecule has 9 heteroatoms. The fourth-order valence-corrected chi connectivity index (χ4v) is 3.76. The predicted octanol–water partition coefficient (Wildman–Crippen LogP) is 2.68. The van der Waals surface area contributed by atoms with Crippen molar-refractivity contribution in [1.29, 1.82) is 5.26 Å². The van der Waals surface area contributed by atoms with Gasteiger partial charge in [0, 0.05) is 41.6 Å². The van der Waals surface area contributed by atoms with Gasteiger partial charge in [-0.25, -0.2) is 4.79 Å². The molecular formula is C23H27N5O4. The first-order chi connectivity index (χ1) is 15.3. The highest BCUT2D eigenvalue weighted by molar-refractivity contribution is 6.02. The van der Waals surface area contributed by atoms with Gasteiger partial charge in [-0.3, -0.25) is 9.59 Å². The first-order valence-electron chi connectivity index (χ1n) is 10.5. The van der Waals surface area contributed by atoms with Crippen LogP contribution in [0.1, 0.15) is 42.9 Å². The van der Waals surface area contributed by atoms with Gasteiger partial charge in [0.2, 0.25) is 5.91 Å². The minimum Gasteiger partial charge on any atom is -0.496 e. The van der Waals surface area contributed by atoms with Crippen molar-refractivity contribution in [3.63, 3.8) is 0 Å². The molecule has 4 N–H and O–H groups in total. The largest absolute Gasteiger partial charge is 0.496 e. The third-order valence-electron chi connectivity index (χ3n) is 5.25. The second-order valence-corrected chi connectivity index (χ2v) is 8.22. The fraction of sp³-hybridized carbons (Fsp3) is 0.391. The minimum absolute atomic E-state index is 0.0122. The average molecular weight is 438 g/mol. The summed E-state index contributed by atoms with van der Waals surface area (Å²) in [5, 5.41) is 13.0. The normalized spacial score (nSPS) is 13.0. The van der Waals surface area contributed by atoms with Gasteiger partial charge in [0.15, 0.2) is 5.78 Å². The maximum atomic E-state index is 13.0. The van der Waals surface area contributed by atoms with Gasteiger partial charge in [0.25, 0.3) is 0 Å². The van der Waals surface area contributed by atoms with Crippen LogP contribution in [-0.2, 0) is 11.2 Å². The lowest BCUT2D eigenvalue weighted by Gasteiger charge is -2.20. The number of aromatic nitrogens is 3. The molecule has 1 amide bonds. The SMILES string of the molecule is COc1cccc2[nH]c(C(=O)C[C@@H](CC(C)C)C(=O)N[C@H](C#N)Cc3c[nH]c(=O)[nH]3)cc12. The van der Waals surface area contributed by atoms with Crippen LogP contribution in [0.4, 0.5) is 0 Å². The lowest BCUT2D eigenvalue weighted by Crippen LogP contribution is -2.40. The monoisotopic (exact) mass is 437 g/mol. The zero-order chi connectivity index (χ0) is 23.3. The number of hydrogen-bond acceptors (Lipinski definition) is 5. The Bertz CT molecular complexity index is 1200. The van der Waals surface area contributed by atoms with Gasteiger partial charge in [-0.1, -0.05) is 19.9 Å². The van der Waals surface area contributed by atoms with Crippen molar-refractivity contribution < 1.29 is 14.3 Å². The molecule has 2 heterocycles. The zero-order valence-electron chi connectivity index (χ0n) is 18.3. The van der Waals surface area contributed by atoms with Gasteiger partial charge in [-0.15, -0.1) is 0 Å². The number of carbonyl (C=O) groups excluding carboxylic acids is 2. The second kappa shape index (κ2) is 10.0. The number of ether oxygens (including phenoxy) is 1. The Morgan fingerprint density at radius 3 is 2.66 bits per heavy atom. The highest BCUT2D eigenvalue weighted by Crippen LogP contribution is 2.27. The topological polar surface area (TPSA) is 144 Å². The van der Waals surface area contributed by atoms with E-state index < -0.39 is 12.0 Å². The summed E-state index contributed by atoms with van der Waals surface area (Å²) in [4.78, 5) is 45.3. The van der Waals surface area contributed by atoms with Gasteiger partial charge in [0.05, 0.1) is 18.9 Å². The maximum Gasteiger partial charge on any atom is 0.323 e. The van der Waals surface area contributed by atoms with Gasteiger partial charge >= 0.3 is 5.69 Å². The molecule has 0 fully saturated rings. The molecule has 0 aliphatic rings. The van der Waals surface area contributed by atoms with Crippen LogP contribution in [0.5, 0.6) is 5.75 Å². The number of carbonyl (C=O) groups is 2. The van der Waals surface area contributed by atoms with Gasteiger partial charge < -0.3 is 25.0 Å². The van der Waals surface area contributed by atoms with Crippen LogP contribution in [0.2, 0.25) is 0 Å². The number of aromatic amines is 3. The Labute approximate surface area is 185 Å².